The van der Waals surface area contributed by atoms with Crippen LogP contribution in [0, 0.1) is 0 Å². The van der Waals surface area contributed by atoms with Gasteiger partial charge in [-0.2, -0.15) is 0 Å². The van der Waals surface area contributed by atoms with E-state index in [1.807, 2.05) is 13.8 Å². The molecular weight excluding hydrogens is 180 g/mol. The predicted molar refractivity (Wildman–Crippen MR) is 57.0 cm³/mol. The fourth-order valence-electron chi connectivity index (χ4n) is 1.38. The molecule has 0 spiro atoms. The van der Waals surface area contributed by atoms with E-state index in [0.717, 1.165) is 13.0 Å². The van der Waals surface area contributed by atoms with E-state index in [1.165, 1.54) is 0 Å². The van der Waals surface area contributed by atoms with Crippen LogP contribution in [0.4, 0.5) is 0 Å². The molecule has 0 saturated heterocycles. The molecule has 0 aliphatic heterocycles. The number of nitrogens with zero attached hydrogens (tertiary/aromatic N) is 1. The molecule has 4 nitrogen and oxygen atoms in total. The molecular formula is C10H22N2O2. The SMILES string of the molecule is CCOC(=O)CN(CC)C(C)CCN. The van der Waals surface area contributed by atoms with Gasteiger partial charge in [-0.1, -0.05) is 6.92 Å². The standard InChI is InChI=1S/C10H22N2O2/c1-4-12(9(3)6-7-11)8-10(13)14-5-2/h9H,4-8,11H2,1-3H3. The van der Waals surface area contributed by atoms with Crippen LogP contribution < -0.4 is 5.73 Å². The molecule has 84 valence electrons. The van der Waals surface area contributed by atoms with Gasteiger partial charge < -0.3 is 10.5 Å². The zero-order valence-corrected chi connectivity index (χ0v) is 9.45. The number of rotatable bonds is 7. The van der Waals surface area contributed by atoms with Gasteiger partial charge in [-0.25, -0.2) is 0 Å². The van der Waals surface area contributed by atoms with E-state index in [4.69, 9.17) is 10.5 Å². The summed E-state index contributed by atoms with van der Waals surface area (Å²) in [7, 11) is 0. The van der Waals surface area contributed by atoms with E-state index in [-0.39, 0.29) is 5.97 Å². The summed E-state index contributed by atoms with van der Waals surface area (Å²) >= 11 is 0. The van der Waals surface area contributed by atoms with Gasteiger partial charge in [-0.15, -0.1) is 0 Å². The first-order valence-corrected chi connectivity index (χ1v) is 5.25. The number of likely N-dealkylation sites (N-methyl/N-ethyl adjacent to an activating group) is 1. The van der Waals surface area contributed by atoms with E-state index in [0.29, 0.717) is 25.7 Å². The first-order valence-electron chi connectivity index (χ1n) is 5.25. The van der Waals surface area contributed by atoms with Crippen LogP contribution in [0.5, 0.6) is 0 Å². The Morgan fingerprint density at radius 1 is 1.50 bits per heavy atom. The van der Waals surface area contributed by atoms with Crippen molar-refractivity contribution in [2.75, 3.05) is 26.2 Å². The highest BCUT2D eigenvalue weighted by molar-refractivity contribution is 5.71. The summed E-state index contributed by atoms with van der Waals surface area (Å²) in [5.41, 5.74) is 5.47. The van der Waals surface area contributed by atoms with Crippen LogP contribution in [-0.4, -0.2) is 43.2 Å². The fourth-order valence-corrected chi connectivity index (χ4v) is 1.38. The molecule has 0 rings (SSSR count). The Kier molecular flexibility index (Phi) is 7.42. The van der Waals surface area contributed by atoms with Crippen LogP contribution in [-0.2, 0) is 9.53 Å². The lowest BCUT2D eigenvalue weighted by molar-refractivity contribution is -0.144. The van der Waals surface area contributed by atoms with Gasteiger partial charge in [-0.05, 0) is 33.4 Å². The minimum atomic E-state index is -0.154. The zero-order chi connectivity index (χ0) is 11.0. The van der Waals surface area contributed by atoms with Crippen molar-refractivity contribution in [3.8, 4) is 0 Å². The number of esters is 1. The minimum absolute atomic E-state index is 0.154. The van der Waals surface area contributed by atoms with Crippen molar-refractivity contribution in [3.05, 3.63) is 0 Å². The Morgan fingerprint density at radius 2 is 2.14 bits per heavy atom. The van der Waals surface area contributed by atoms with Crippen molar-refractivity contribution in [2.24, 2.45) is 5.73 Å². The molecule has 0 radical (unpaired) electrons. The smallest absolute Gasteiger partial charge is 0.320 e. The quantitative estimate of drug-likeness (QED) is 0.614. The molecule has 0 aromatic rings. The van der Waals surface area contributed by atoms with Crippen molar-refractivity contribution in [1.29, 1.82) is 0 Å². The van der Waals surface area contributed by atoms with Gasteiger partial charge in [0.15, 0.2) is 0 Å². The van der Waals surface area contributed by atoms with Gasteiger partial charge in [0.05, 0.1) is 13.2 Å². The molecule has 0 fully saturated rings. The lowest BCUT2D eigenvalue weighted by Gasteiger charge is -2.26. The number of nitrogens with two attached hydrogens (primary N) is 1. The molecule has 0 amide bonds. The summed E-state index contributed by atoms with van der Waals surface area (Å²) in [5, 5.41) is 0. The number of hydrogen-bond acceptors (Lipinski definition) is 4. The second-order valence-corrected chi connectivity index (χ2v) is 3.29. The largest absolute Gasteiger partial charge is 0.465 e. The van der Waals surface area contributed by atoms with Crippen LogP contribution in [0.3, 0.4) is 0 Å². The number of hydrogen-bond donors (Lipinski definition) is 1. The van der Waals surface area contributed by atoms with E-state index in [9.17, 15) is 4.79 Å². The maximum Gasteiger partial charge on any atom is 0.320 e. The highest BCUT2D eigenvalue weighted by Gasteiger charge is 2.15. The van der Waals surface area contributed by atoms with Crippen molar-refractivity contribution in [2.45, 2.75) is 33.2 Å². The third-order valence-corrected chi connectivity index (χ3v) is 2.25. The highest BCUT2D eigenvalue weighted by Crippen LogP contribution is 2.02. The van der Waals surface area contributed by atoms with Crippen molar-refractivity contribution < 1.29 is 9.53 Å². The van der Waals surface area contributed by atoms with E-state index in [2.05, 4.69) is 11.8 Å². The summed E-state index contributed by atoms with van der Waals surface area (Å²) in [6, 6.07) is 0.342. The summed E-state index contributed by atoms with van der Waals surface area (Å²) in [6.07, 6.45) is 0.910. The molecule has 0 aromatic heterocycles. The van der Waals surface area contributed by atoms with Gasteiger partial charge in [0.25, 0.3) is 0 Å². The van der Waals surface area contributed by atoms with Crippen LogP contribution >= 0.6 is 0 Å². The highest BCUT2D eigenvalue weighted by atomic mass is 16.5. The topological polar surface area (TPSA) is 55.6 Å². The van der Waals surface area contributed by atoms with Crippen LogP contribution in [0.15, 0.2) is 0 Å². The maximum atomic E-state index is 11.2. The minimum Gasteiger partial charge on any atom is -0.465 e. The summed E-state index contributed by atoms with van der Waals surface area (Å²) in [4.78, 5) is 13.3. The summed E-state index contributed by atoms with van der Waals surface area (Å²) in [6.45, 7) is 8.24. The molecule has 2 N–H and O–H groups in total. The van der Waals surface area contributed by atoms with Crippen molar-refractivity contribution in [1.82, 2.24) is 4.90 Å². The number of carbonyl (C=O) groups excluding carboxylic acids is 1. The Bertz CT molecular complexity index is 162. The first kappa shape index (κ1) is 13.4. The molecule has 0 heterocycles. The molecule has 14 heavy (non-hydrogen) atoms. The number of ether oxygens (including phenoxy) is 1. The third-order valence-electron chi connectivity index (χ3n) is 2.25. The average molecular weight is 202 g/mol. The van der Waals surface area contributed by atoms with Crippen molar-refractivity contribution in [3.63, 3.8) is 0 Å². The van der Waals surface area contributed by atoms with E-state index < -0.39 is 0 Å². The summed E-state index contributed by atoms with van der Waals surface area (Å²) < 4.78 is 4.89. The molecule has 0 aromatic carbocycles. The average Bonchev–Trinajstić information content (AvgIpc) is 2.15. The van der Waals surface area contributed by atoms with Gasteiger partial charge in [-0.3, -0.25) is 9.69 Å². The molecule has 0 saturated carbocycles. The van der Waals surface area contributed by atoms with Gasteiger partial charge in [0.2, 0.25) is 0 Å². The number of carbonyl (C=O) groups is 1. The van der Waals surface area contributed by atoms with Gasteiger partial charge in [0, 0.05) is 6.04 Å². The van der Waals surface area contributed by atoms with Gasteiger partial charge >= 0.3 is 5.97 Å². The second kappa shape index (κ2) is 7.76. The zero-order valence-electron chi connectivity index (χ0n) is 9.45. The second-order valence-electron chi connectivity index (χ2n) is 3.29. The van der Waals surface area contributed by atoms with Crippen molar-refractivity contribution >= 4 is 5.97 Å². The first-order chi connectivity index (χ1) is 6.65. The molecule has 1 unspecified atom stereocenters. The maximum absolute atomic E-state index is 11.2. The van der Waals surface area contributed by atoms with Gasteiger partial charge in [0.1, 0.15) is 0 Å². The predicted octanol–water partition coefficient (Wildman–Crippen LogP) is 0.609. The normalized spacial score (nSPS) is 12.9. The Labute approximate surface area is 86.4 Å². The molecule has 1 atom stereocenters. The lowest BCUT2D eigenvalue weighted by atomic mass is 10.2. The molecule has 0 aliphatic carbocycles. The van der Waals surface area contributed by atoms with Crippen LogP contribution in [0.25, 0.3) is 0 Å². The molecule has 0 aliphatic rings. The Hall–Kier alpha value is -0.610. The third kappa shape index (κ3) is 5.19. The van der Waals surface area contributed by atoms with E-state index in [1.54, 1.807) is 0 Å². The van der Waals surface area contributed by atoms with Crippen LogP contribution in [0.1, 0.15) is 27.2 Å². The monoisotopic (exact) mass is 202 g/mol. The van der Waals surface area contributed by atoms with E-state index >= 15 is 0 Å². The Morgan fingerprint density at radius 3 is 2.57 bits per heavy atom. The lowest BCUT2D eigenvalue weighted by Crippen LogP contribution is -2.38. The molecule has 4 heteroatoms. The molecule has 0 bridgehead atoms. The summed E-state index contributed by atoms with van der Waals surface area (Å²) in [5.74, 6) is -0.154. The van der Waals surface area contributed by atoms with Crippen LogP contribution in [0.2, 0.25) is 0 Å². The Balaban J connectivity index is 3.94. The fraction of sp³-hybridized carbons (Fsp3) is 0.900.